The SMILES string of the molecule is CC(Cc1ccc(-c2ccc(F)cc2)cc1)NC=O. The molecule has 0 bridgehead atoms. The normalized spacial score (nSPS) is 11.9. The summed E-state index contributed by atoms with van der Waals surface area (Å²) in [5.74, 6) is -0.228. The largest absolute Gasteiger partial charge is 0.356 e. The summed E-state index contributed by atoms with van der Waals surface area (Å²) < 4.78 is 12.8. The fourth-order valence-corrected chi connectivity index (χ4v) is 2.00. The van der Waals surface area contributed by atoms with Crippen LogP contribution >= 0.6 is 0 Å². The average Bonchev–Trinajstić information content (AvgIpc) is 2.41. The van der Waals surface area contributed by atoms with Gasteiger partial charge in [0.15, 0.2) is 0 Å². The lowest BCUT2D eigenvalue weighted by Gasteiger charge is -2.10. The molecule has 0 aliphatic carbocycles. The van der Waals surface area contributed by atoms with Gasteiger partial charge >= 0.3 is 0 Å². The van der Waals surface area contributed by atoms with E-state index < -0.39 is 0 Å². The van der Waals surface area contributed by atoms with Gasteiger partial charge in [-0.15, -0.1) is 0 Å². The minimum atomic E-state index is -0.228. The van der Waals surface area contributed by atoms with Crippen molar-refractivity contribution in [1.29, 1.82) is 0 Å². The van der Waals surface area contributed by atoms with E-state index in [1.807, 2.05) is 31.2 Å². The van der Waals surface area contributed by atoms with Crippen molar-refractivity contribution in [3.63, 3.8) is 0 Å². The number of hydrogen-bond donors (Lipinski definition) is 1. The number of rotatable bonds is 5. The van der Waals surface area contributed by atoms with E-state index in [1.165, 1.54) is 12.1 Å². The fourth-order valence-electron chi connectivity index (χ4n) is 2.00. The van der Waals surface area contributed by atoms with E-state index in [-0.39, 0.29) is 11.9 Å². The van der Waals surface area contributed by atoms with Gasteiger partial charge in [0.1, 0.15) is 5.82 Å². The first-order valence-corrected chi connectivity index (χ1v) is 6.23. The Labute approximate surface area is 112 Å². The van der Waals surface area contributed by atoms with E-state index in [0.717, 1.165) is 29.5 Å². The molecule has 2 nitrogen and oxygen atoms in total. The molecule has 0 aliphatic rings. The maximum absolute atomic E-state index is 12.8. The van der Waals surface area contributed by atoms with E-state index >= 15 is 0 Å². The highest BCUT2D eigenvalue weighted by atomic mass is 19.1. The Kier molecular flexibility index (Phi) is 4.29. The molecule has 0 aromatic heterocycles. The molecular formula is C16H16FNO. The first-order chi connectivity index (χ1) is 9.19. The Morgan fingerprint density at radius 2 is 1.58 bits per heavy atom. The zero-order chi connectivity index (χ0) is 13.7. The van der Waals surface area contributed by atoms with E-state index in [9.17, 15) is 9.18 Å². The Bertz CT molecular complexity index is 534. The van der Waals surface area contributed by atoms with Crippen molar-refractivity contribution in [3.8, 4) is 11.1 Å². The van der Waals surface area contributed by atoms with Crippen molar-refractivity contribution in [1.82, 2.24) is 5.32 Å². The fraction of sp³-hybridized carbons (Fsp3) is 0.188. The summed E-state index contributed by atoms with van der Waals surface area (Å²) in [5, 5.41) is 2.72. The van der Waals surface area contributed by atoms with Crippen LogP contribution in [0.2, 0.25) is 0 Å². The smallest absolute Gasteiger partial charge is 0.207 e. The van der Waals surface area contributed by atoms with Gasteiger partial charge in [0.2, 0.25) is 6.41 Å². The molecule has 2 aromatic rings. The number of carbonyl (C=O) groups excluding carboxylic acids is 1. The summed E-state index contributed by atoms with van der Waals surface area (Å²) in [6.45, 7) is 1.96. The molecule has 1 N–H and O–H groups in total. The molecular weight excluding hydrogens is 241 g/mol. The number of amides is 1. The van der Waals surface area contributed by atoms with Crippen LogP contribution in [0.4, 0.5) is 4.39 Å². The van der Waals surface area contributed by atoms with Gasteiger partial charge in [-0.3, -0.25) is 4.79 Å². The predicted octanol–water partition coefficient (Wildman–Crippen LogP) is 3.17. The number of carbonyl (C=O) groups is 1. The maximum Gasteiger partial charge on any atom is 0.207 e. The molecule has 0 spiro atoms. The van der Waals surface area contributed by atoms with Crippen molar-refractivity contribution >= 4 is 6.41 Å². The van der Waals surface area contributed by atoms with Crippen LogP contribution in [0.5, 0.6) is 0 Å². The highest BCUT2D eigenvalue weighted by Crippen LogP contribution is 2.20. The van der Waals surface area contributed by atoms with Gasteiger partial charge < -0.3 is 5.32 Å². The molecule has 0 aliphatic heterocycles. The van der Waals surface area contributed by atoms with Crippen LogP contribution in [-0.4, -0.2) is 12.5 Å². The molecule has 2 rings (SSSR count). The standard InChI is InChI=1S/C16H16FNO/c1-12(18-11-19)10-13-2-4-14(5-3-13)15-6-8-16(17)9-7-15/h2-9,11-12H,10H2,1H3,(H,18,19). The van der Waals surface area contributed by atoms with Gasteiger partial charge in [-0.2, -0.15) is 0 Å². The topological polar surface area (TPSA) is 29.1 Å². The van der Waals surface area contributed by atoms with Crippen molar-refractivity contribution in [2.75, 3.05) is 0 Å². The Morgan fingerprint density at radius 1 is 1.05 bits per heavy atom. The molecule has 1 unspecified atom stereocenters. The molecule has 1 atom stereocenters. The lowest BCUT2D eigenvalue weighted by atomic mass is 10.0. The van der Waals surface area contributed by atoms with Gasteiger partial charge in [0.25, 0.3) is 0 Å². The van der Waals surface area contributed by atoms with E-state index in [0.29, 0.717) is 0 Å². The van der Waals surface area contributed by atoms with Crippen LogP contribution in [0, 0.1) is 5.82 Å². The first kappa shape index (κ1) is 13.3. The zero-order valence-electron chi connectivity index (χ0n) is 10.8. The molecule has 0 saturated carbocycles. The molecule has 98 valence electrons. The highest BCUT2D eigenvalue weighted by molar-refractivity contribution is 5.63. The van der Waals surface area contributed by atoms with E-state index in [4.69, 9.17) is 0 Å². The minimum Gasteiger partial charge on any atom is -0.356 e. The van der Waals surface area contributed by atoms with Crippen LogP contribution in [0.3, 0.4) is 0 Å². The molecule has 19 heavy (non-hydrogen) atoms. The quantitative estimate of drug-likeness (QED) is 0.819. The summed E-state index contributed by atoms with van der Waals surface area (Å²) in [5.41, 5.74) is 3.21. The summed E-state index contributed by atoms with van der Waals surface area (Å²) in [4.78, 5) is 10.3. The predicted molar refractivity (Wildman–Crippen MR) is 74.2 cm³/mol. The summed E-state index contributed by atoms with van der Waals surface area (Å²) in [7, 11) is 0. The molecule has 0 radical (unpaired) electrons. The van der Waals surface area contributed by atoms with Crippen LogP contribution in [0.25, 0.3) is 11.1 Å². The molecule has 2 aromatic carbocycles. The third-order valence-electron chi connectivity index (χ3n) is 3.03. The molecule has 0 heterocycles. The molecule has 0 saturated heterocycles. The number of benzene rings is 2. The summed E-state index contributed by atoms with van der Waals surface area (Å²) in [6.07, 6.45) is 1.51. The third kappa shape index (κ3) is 3.65. The Balaban J connectivity index is 2.09. The Hall–Kier alpha value is -2.16. The van der Waals surface area contributed by atoms with Gasteiger partial charge in [-0.1, -0.05) is 36.4 Å². The number of nitrogens with one attached hydrogen (secondary N) is 1. The van der Waals surface area contributed by atoms with E-state index in [1.54, 1.807) is 12.1 Å². The van der Waals surface area contributed by atoms with Gasteiger partial charge in [0.05, 0.1) is 0 Å². The zero-order valence-corrected chi connectivity index (χ0v) is 10.8. The monoisotopic (exact) mass is 257 g/mol. The van der Waals surface area contributed by atoms with Crippen LogP contribution in [0.15, 0.2) is 48.5 Å². The molecule has 1 amide bonds. The van der Waals surface area contributed by atoms with Crippen LogP contribution in [0.1, 0.15) is 12.5 Å². The van der Waals surface area contributed by atoms with Crippen LogP contribution in [-0.2, 0) is 11.2 Å². The second-order valence-corrected chi connectivity index (χ2v) is 4.59. The van der Waals surface area contributed by atoms with Gasteiger partial charge in [-0.05, 0) is 42.2 Å². The lowest BCUT2D eigenvalue weighted by Crippen LogP contribution is -2.26. The summed E-state index contributed by atoms with van der Waals surface area (Å²) in [6, 6.07) is 14.6. The number of halogens is 1. The van der Waals surface area contributed by atoms with Crippen molar-refractivity contribution < 1.29 is 9.18 Å². The lowest BCUT2D eigenvalue weighted by molar-refractivity contribution is -0.110. The van der Waals surface area contributed by atoms with Gasteiger partial charge in [0, 0.05) is 6.04 Å². The number of hydrogen-bond acceptors (Lipinski definition) is 1. The molecule has 3 heteroatoms. The third-order valence-corrected chi connectivity index (χ3v) is 3.03. The first-order valence-electron chi connectivity index (χ1n) is 6.23. The van der Waals surface area contributed by atoms with Crippen molar-refractivity contribution in [3.05, 3.63) is 59.9 Å². The average molecular weight is 257 g/mol. The van der Waals surface area contributed by atoms with Crippen molar-refractivity contribution in [2.45, 2.75) is 19.4 Å². The highest BCUT2D eigenvalue weighted by Gasteiger charge is 2.03. The second-order valence-electron chi connectivity index (χ2n) is 4.59. The maximum atomic E-state index is 12.8. The van der Waals surface area contributed by atoms with Crippen molar-refractivity contribution in [2.24, 2.45) is 0 Å². The van der Waals surface area contributed by atoms with Gasteiger partial charge in [-0.25, -0.2) is 4.39 Å². The van der Waals surface area contributed by atoms with E-state index in [2.05, 4.69) is 5.32 Å². The second kappa shape index (κ2) is 6.14. The van der Waals surface area contributed by atoms with Crippen LogP contribution < -0.4 is 5.32 Å². The molecule has 0 fully saturated rings. The Morgan fingerprint density at radius 3 is 2.11 bits per heavy atom. The summed E-state index contributed by atoms with van der Waals surface area (Å²) >= 11 is 0. The minimum absolute atomic E-state index is 0.120.